The average Bonchev–Trinajstić information content (AvgIpc) is 2.31. The van der Waals surface area contributed by atoms with E-state index < -0.39 is 0 Å². The molecule has 1 aromatic carbocycles. The smallest absolute Gasteiger partial charge is 0.130 e. The lowest BCUT2D eigenvalue weighted by Crippen LogP contribution is -1.95. The van der Waals surface area contributed by atoms with E-state index in [-0.39, 0.29) is 0 Å². The monoisotopic (exact) mass is 364 g/mol. The van der Waals surface area contributed by atoms with E-state index in [4.69, 9.17) is 34.8 Å². The summed E-state index contributed by atoms with van der Waals surface area (Å²) in [5.74, 6) is 0.691. The van der Waals surface area contributed by atoms with Crippen molar-refractivity contribution in [1.82, 2.24) is 4.98 Å². The largest absolute Gasteiger partial charge is 0.339 e. The van der Waals surface area contributed by atoms with Gasteiger partial charge in [-0.05, 0) is 46.6 Å². The fraction of sp³-hybridized carbons (Fsp3) is 0.0833. The van der Waals surface area contributed by atoms with Crippen LogP contribution >= 0.6 is 50.7 Å². The summed E-state index contributed by atoms with van der Waals surface area (Å²) in [6.45, 7) is 1.98. The van der Waals surface area contributed by atoms with Gasteiger partial charge in [0.25, 0.3) is 0 Å². The Kier molecular flexibility index (Phi) is 4.38. The zero-order chi connectivity index (χ0) is 13.3. The minimum absolute atomic E-state index is 0.423. The number of anilines is 2. The van der Waals surface area contributed by atoms with Crippen LogP contribution in [-0.4, -0.2) is 4.98 Å². The molecule has 2 aromatic rings. The van der Waals surface area contributed by atoms with Crippen LogP contribution in [-0.2, 0) is 0 Å². The van der Waals surface area contributed by atoms with Crippen molar-refractivity contribution in [1.29, 1.82) is 0 Å². The van der Waals surface area contributed by atoms with E-state index in [9.17, 15) is 0 Å². The van der Waals surface area contributed by atoms with Crippen LogP contribution in [0.5, 0.6) is 0 Å². The summed E-state index contributed by atoms with van der Waals surface area (Å²) in [6, 6.07) is 5.17. The summed E-state index contributed by atoms with van der Waals surface area (Å²) in [7, 11) is 0. The first-order valence-corrected chi connectivity index (χ1v) is 6.94. The Morgan fingerprint density at radius 2 is 1.72 bits per heavy atom. The van der Waals surface area contributed by atoms with Gasteiger partial charge in [-0.3, -0.25) is 0 Å². The van der Waals surface area contributed by atoms with Crippen LogP contribution in [0, 0.1) is 6.92 Å². The number of aromatic nitrogens is 1. The fourth-order valence-electron chi connectivity index (χ4n) is 1.36. The summed E-state index contributed by atoms with van der Waals surface area (Å²) in [5.41, 5.74) is 1.74. The van der Waals surface area contributed by atoms with Crippen LogP contribution in [0.25, 0.3) is 0 Å². The molecule has 0 aliphatic heterocycles. The summed E-state index contributed by atoms with van der Waals surface area (Å²) in [5, 5.41) is 4.46. The Hall–Kier alpha value is -0.480. The predicted molar refractivity (Wildman–Crippen MR) is 81.4 cm³/mol. The molecule has 18 heavy (non-hydrogen) atoms. The minimum Gasteiger partial charge on any atom is -0.339 e. The SMILES string of the molecule is Cc1cc(Nc2cc(Cl)c(Cl)cc2Cl)ncc1Br. The standard InChI is InChI=1S/C12H8BrCl3N2/c1-6-2-12(17-5-7(6)13)18-11-4-9(15)8(14)3-10(11)16/h2-5H,1H3,(H,17,18). The highest BCUT2D eigenvalue weighted by atomic mass is 79.9. The molecule has 2 rings (SSSR count). The highest BCUT2D eigenvalue weighted by Gasteiger charge is 2.07. The summed E-state index contributed by atoms with van der Waals surface area (Å²) in [4.78, 5) is 4.23. The molecule has 0 atom stereocenters. The van der Waals surface area contributed by atoms with Gasteiger partial charge in [0.05, 0.1) is 20.8 Å². The van der Waals surface area contributed by atoms with Crippen molar-refractivity contribution in [2.75, 3.05) is 5.32 Å². The topological polar surface area (TPSA) is 24.9 Å². The molecule has 6 heteroatoms. The number of hydrogen-bond acceptors (Lipinski definition) is 2. The van der Waals surface area contributed by atoms with Gasteiger partial charge in [0.15, 0.2) is 0 Å². The molecule has 94 valence electrons. The summed E-state index contributed by atoms with van der Waals surface area (Å²) >= 11 is 21.3. The molecule has 0 saturated heterocycles. The highest BCUT2D eigenvalue weighted by molar-refractivity contribution is 9.10. The third kappa shape index (κ3) is 3.09. The van der Waals surface area contributed by atoms with Crippen LogP contribution < -0.4 is 5.32 Å². The maximum atomic E-state index is 6.08. The predicted octanol–water partition coefficient (Wildman–Crippen LogP) is 5.86. The molecular weight excluding hydrogens is 358 g/mol. The third-order valence-electron chi connectivity index (χ3n) is 2.32. The Bertz CT molecular complexity index is 602. The van der Waals surface area contributed by atoms with Gasteiger partial charge in [0.1, 0.15) is 5.82 Å². The quantitative estimate of drug-likeness (QED) is 0.674. The first-order valence-electron chi connectivity index (χ1n) is 5.01. The van der Waals surface area contributed by atoms with Gasteiger partial charge < -0.3 is 5.32 Å². The fourth-order valence-corrected chi connectivity index (χ4v) is 2.17. The van der Waals surface area contributed by atoms with E-state index >= 15 is 0 Å². The molecule has 1 aromatic heterocycles. The lowest BCUT2D eigenvalue weighted by molar-refractivity contribution is 1.25. The van der Waals surface area contributed by atoms with Gasteiger partial charge in [-0.2, -0.15) is 0 Å². The van der Waals surface area contributed by atoms with Gasteiger partial charge in [-0.15, -0.1) is 0 Å². The van der Waals surface area contributed by atoms with Crippen molar-refractivity contribution in [2.24, 2.45) is 0 Å². The number of halogens is 4. The number of benzene rings is 1. The van der Waals surface area contributed by atoms with Crippen molar-refractivity contribution in [3.05, 3.63) is 49.5 Å². The molecular formula is C12H8BrCl3N2. The van der Waals surface area contributed by atoms with Gasteiger partial charge in [0, 0.05) is 10.7 Å². The van der Waals surface area contributed by atoms with Gasteiger partial charge >= 0.3 is 0 Å². The number of nitrogens with one attached hydrogen (secondary N) is 1. The maximum absolute atomic E-state index is 6.08. The van der Waals surface area contributed by atoms with Crippen molar-refractivity contribution in [3.8, 4) is 0 Å². The molecule has 2 nitrogen and oxygen atoms in total. The van der Waals surface area contributed by atoms with Gasteiger partial charge in [-0.25, -0.2) is 4.98 Å². The van der Waals surface area contributed by atoms with Crippen LogP contribution in [0.4, 0.5) is 11.5 Å². The van der Waals surface area contributed by atoms with Crippen molar-refractivity contribution in [3.63, 3.8) is 0 Å². The first kappa shape index (κ1) is 13.9. The molecule has 1 heterocycles. The molecule has 0 bridgehead atoms. The van der Waals surface area contributed by atoms with Crippen molar-refractivity contribution >= 4 is 62.2 Å². The highest BCUT2D eigenvalue weighted by Crippen LogP contribution is 2.33. The van der Waals surface area contributed by atoms with E-state index in [0.717, 1.165) is 10.0 Å². The second kappa shape index (κ2) is 5.66. The lowest BCUT2D eigenvalue weighted by atomic mass is 10.3. The summed E-state index contributed by atoms with van der Waals surface area (Å²) in [6.07, 6.45) is 1.73. The molecule has 0 saturated carbocycles. The number of pyridine rings is 1. The number of rotatable bonds is 2. The minimum atomic E-state index is 0.423. The van der Waals surface area contributed by atoms with E-state index in [1.165, 1.54) is 0 Å². The zero-order valence-corrected chi connectivity index (χ0v) is 13.1. The number of hydrogen-bond donors (Lipinski definition) is 1. The Morgan fingerprint density at radius 3 is 2.39 bits per heavy atom. The lowest BCUT2D eigenvalue weighted by Gasteiger charge is -2.10. The van der Waals surface area contributed by atoms with E-state index in [2.05, 4.69) is 26.2 Å². The molecule has 1 N–H and O–H groups in total. The summed E-state index contributed by atoms with van der Waals surface area (Å²) < 4.78 is 0.952. The van der Waals surface area contributed by atoms with E-state index in [1.807, 2.05) is 13.0 Å². The second-order valence-electron chi connectivity index (χ2n) is 3.69. The molecule has 0 fully saturated rings. The maximum Gasteiger partial charge on any atom is 0.130 e. The van der Waals surface area contributed by atoms with Crippen LogP contribution in [0.1, 0.15) is 5.56 Å². The van der Waals surface area contributed by atoms with Crippen LogP contribution in [0.3, 0.4) is 0 Å². The number of aryl methyl sites for hydroxylation is 1. The molecule has 0 amide bonds. The Morgan fingerprint density at radius 1 is 1.06 bits per heavy atom. The molecule has 0 aliphatic carbocycles. The van der Waals surface area contributed by atoms with Crippen molar-refractivity contribution < 1.29 is 0 Å². The van der Waals surface area contributed by atoms with E-state index in [1.54, 1.807) is 18.3 Å². The van der Waals surface area contributed by atoms with Crippen LogP contribution in [0.2, 0.25) is 15.1 Å². The Balaban J connectivity index is 2.34. The van der Waals surface area contributed by atoms with Gasteiger partial charge in [0.2, 0.25) is 0 Å². The average molecular weight is 366 g/mol. The van der Waals surface area contributed by atoms with Gasteiger partial charge in [-0.1, -0.05) is 34.8 Å². The number of nitrogens with zero attached hydrogens (tertiary/aromatic N) is 1. The normalized spacial score (nSPS) is 10.5. The Labute approximate surface area is 128 Å². The van der Waals surface area contributed by atoms with Crippen LogP contribution in [0.15, 0.2) is 28.9 Å². The third-order valence-corrected chi connectivity index (χ3v) is 4.18. The first-order chi connectivity index (χ1) is 8.47. The van der Waals surface area contributed by atoms with E-state index in [0.29, 0.717) is 26.6 Å². The second-order valence-corrected chi connectivity index (χ2v) is 5.77. The molecule has 0 unspecified atom stereocenters. The zero-order valence-electron chi connectivity index (χ0n) is 9.27. The molecule has 0 spiro atoms. The van der Waals surface area contributed by atoms with Crippen molar-refractivity contribution in [2.45, 2.75) is 6.92 Å². The molecule has 0 aliphatic rings. The molecule has 0 radical (unpaired) electrons.